The summed E-state index contributed by atoms with van der Waals surface area (Å²) < 4.78 is 1.04. The van der Waals surface area contributed by atoms with Crippen molar-refractivity contribution in [2.24, 2.45) is 5.73 Å². The molecule has 1 aromatic rings. The predicted octanol–water partition coefficient (Wildman–Crippen LogP) is 2.78. The highest BCUT2D eigenvalue weighted by molar-refractivity contribution is 9.10. The maximum atomic E-state index is 5.91. The molecule has 2 heteroatoms. The molecule has 0 heterocycles. The minimum Gasteiger partial charge on any atom is -0.323 e. The summed E-state index contributed by atoms with van der Waals surface area (Å²) in [6.07, 6.45) is 5.79. The second kappa shape index (κ2) is 4.45. The minimum absolute atomic E-state index is 0.0532. The van der Waals surface area contributed by atoms with Crippen LogP contribution in [0.5, 0.6) is 0 Å². The average molecular weight is 238 g/mol. The lowest BCUT2D eigenvalue weighted by molar-refractivity contribution is 0.748. The highest BCUT2D eigenvalue weighted by Crippen LogP contribution is 2.22. The van der Waals surface area contributed by atoms with Crippen LogP contribution in [0.1, 0.15) is 23.6 Å². The molecule has 1 unspecified atom stereocenters. The van der Waals surface area contributed by atoms with Crippen molar-refractivity contribution in [1.29, 1.82) is 0 Å². The first kappa shape index (κ1) is 10.3. The van der Waals surface area contributed by atoms with E-state index in [1.807, 2.05) is 25.1 Å². The third-order valence-corrected chi connectivity index (χ3v) is 2.47. The number of nitrogens with two attached hydrogens (primary N) is 1. The van der Waals surface area contributed by atoms with Crippen LogP contribution in [0.2, 0.25) is 0 Å². The summed E-state index contributed by atoms with van der Waals surface area (Å²) in [6.45, 7) is 2.04. The Morgan fingerprint density at radius 3 is 2.92 bits per heavy atom. The van der Waals surface area contributed by atoms with E-state index in [9.17, 15) is 0 Å². The van der Waals surface area contributed by atoms with E-state index in [4.69, 9.17) is 12.2 Å². The Hall–Kier alpha value is -0.780. The molecule has 13 heavy (non-hydrogen) atoms. The molecule has 0 saturated heterocycles. The van der Waals surface area contributed by atoms with Crippen LogP contribution in [0.4, 0.5) is 0 Å². The Morgan fingerprint density at radius 2 is 2.31 bits per heavy atom. The molecule has 0 spiro atoms. The lowest BCUT2D eigenvalue weighted by Gasteiger charge is -2.12. The van der Waals surface area contributed by atoms with Gasteiger partial charge in [-0.1, -0.05) is 22.0 Å². The van der Waals surface area contributed by atoms with Crippen molar-refractivity contribution in [2.75, 3.05) is 0 Å². The number of terminal acetylenes is 1. The van der Waals surface area contributed by atoms with Gasteiger partial charge in [-0.3, -0.25) is 0 Å². The largest absolute Gasteiger partial charge is 0.323 e. The molecule has 0 bridgehead atoms. The molecule has 1 rings (SSSR count). The molecule has 0 aliphatic carbocycles. The van der Waals surface area contributed by atoms with Gasteiger partial charge in [0, 0.05) is 16.9 Å². The first-order valence-corrected chi connectivity index (χ1v) is 4.89. The Labute approximate surface area is 87.5 Å². The van der Waals surface area contributed by atoms with Gasteiger partial charge >= 0.3 is 0 Å². The van der Waals surface area contributed by atoms with Crippen LogP contribution in [0.25, 0.3) is 0 Å². The maximum absolute atomic E-state index is 5.91. The molecule has 0 fully saturated rings. The molecule has 0 aliphatic rings. The van der Waals surface area contributed by atoms with Crippen molar-refractivity contribution >= 4 is 15.9 Å². The van der Waals surface area contributed by atoms with E-state index < -0.39 is 0 Å². The lowest BCUT2D eigenvalue weighted by Crippen LogP contribution is -2.10. The van der Waals surface area contributed by atoms with Crippen molar-refractivity contribution in [3.63, 3.8) is 0 Å². The fraction of sp³-hybridized carbons (Fsp3) is 0.273. The monoisotopic (exact) mass is 237 g/mol. The fourth-order valence-electron chi connectivity index (χ4n) is 1.25. The zero-order valence-corrected chi connectivity index (χ0v) is 9.14. The summed E-state index contributed by atoms with van der Waals surface area (Å²) in [5, 5.41) is 0. The SMILES string of the molecule is C#CCC(N)c1cc(Br)ccc1C. The predicted molar refractivity (Wildman–Crippen MR) is 59.3 cm³/mol. The van der Waals surface area contributed by atoms with Crippen LogP contribution < -0.4 is 5.73 Å². The number of hydrogen-bond acceptors (Lipinski definition) is 1. The van der Waals surface area contributed by atoms with Crippen LogP contribution in [0.15, 0.2) is 22.7 Å². The Bertz CT molecular complexity index is 338. The summed E-state index contributed by atoms with van der Waals surface area (Å²) in [4.78, 5) is 0. The van der Waals surface area contributed by atoms with Gasteiger partial charge in [0.1, 0.15) is 0 Å². The van der Waals surface area contributed by atoms with E-state index in [-0.39, 0.29) is 6.04 Å². The van der Waals surface area contributed by atoms with Gasteiger partial charge in [-0.15, -0.1) is 12.3 Å². The third-order valence-electron chi connectivity index (χ3n) is 1.98. The molecular weight excluding hydrogens is 226 g/mol. The van der Waals surface area contributed by atoms with Crippen molar-refractivity contribution in [3.05, 3.63) is 33.8 Å². The zero-order valence-electron chi connectivity index (χ0n) is 7.55. The first-order valence-electron chi connectivity index (χ1n) is 4.10. The van der Waals surface area contributed by atoms with Crippen LogP contribution in [-0.4, -0.2) is 0 Å². The van der Waals surface area contributed by atoms with Gasteiger partial charge in [0.15, 0.2) is 0 Å². The fourth-order valence-corrected chi connectivity index (χ4v) is 1.63. The van der Waals surface area contributed by atoms with Gasteiger partial charge in [-0.05, 0) is 30.2 Å². The maximum Gasteiger partial charge on any atom is 0.0408 e. The highest BCUT2D eigenvalue weighted by Gasteiger charge is 2.07. The number of benzene rings is 1. The van der Waals surface area contributed by atoms with E-state index in [1.54, 1.807) is 0 Å². The van der Waals surface area contributed by atoms with Crippen LogP contribution in [0, 0.1) is 19.3 Å². The average Bonchev–Trinajstić information content (AvgIpc) is 2.09. The molecule has 0 aliphatic heterocycles. The molecule has 0 aromatic heterocycles. The van der Waals surface area contributed by atoms with Crippen molar-refractivity contribution in [3.8, 4) is 12.3 Å². The number of hydrogen-bond donors (Lipinski definition) is 1. The summed E-state index contributed by atoms with van der Waals surface area (Å²) in [5.74, 6) is 2.57. The number of rotatable bonds is 2. The summed E-state index contributed by atoms with van der Waals surface area (Å²) >= 11 is 3.41. The van der Waals surface area contributed by atoms with E-state index in [0.29, 0.717) is 6.42 Å². The minimum atomic E-state index is -0.0532. The normalized spacial score (nSPS) is 12.2. The van der Waals surface area contributed by atoms with Gasteiger partial charge in [0.2, 0.25) is 0 Å². The second-order valence-corrected chi connectivity index (χ2v) is 3.93. The highest BCUT2D eigenvalue weighted by atomic mass is 79.9. The third kappa shape index (κ3) is 2.58. The smallest absolute Gasteiger partial charge is 0.0408 e. The number of halogens is 1. The molecule has 2 N–H and O–H groups in total. The molecule has 1 aromatic carbocycles. The number of aryl methyl sites for hydroxylation is 1. The van der Waals surface area contributed by atoms with E-state index in [1.165, 1.54) is 5.56 Å². The zero-order chi connectivity index (χ0) is 9.84. The van der Waals surface area contributed by atoms with Crippen molar-refractivity contribution in [1.82, 2.24) is 0 Å². The molecular formula is C11H12BrN. The second-order valence-electron chi connectivity index (χ2n) is 3.02. The van der Waals surface area contributed by atoms with E-state index in [0.717, 1.165) is 10.0 Å². The van der Waals surface area contributed by atoms with Gasteiger partial charge in [0.25, 0.3) is 0 Å². The van der Waals surface area contributed by atoms with Crippen LogP contribution in [0.3, 0.4) is 0 Å². The Balaban J connectivity index is 3.00. The van der Waals surface area contributed by atoms with Gasteiger partial charge < -0.3 is 5.73 Å². The molecule has 0 saturated carbocycles. The molecule has 1 atom stereocenters. The standard InChI is InChI=1S/C11H12BrN/c1-3-4-11(13)10-7-9(12)6-5-8(10)2/h1,5-7,11H,4,13H2,2H3. The summed E-state index contributed by atoms with van der Waals surface area (Å²) in [7, 11) is 0. The Kier molecular flexibility index (Phi) is 3.53. The molecule has 1 nitrogen and oxygen atoms in total. The molecule has 0 radical (unpaired) electrons. The van der Waals surface area contributed by atoms with E-state index >= 15 is 0 Å². The Morgan fingerprint density at radius 1 is 1.62 bits per heavy atom. The van der Waals surface area contributed by atoms with Gasteiger partial charge in [0.05, 0.1) is 0 Å². The lowest BCUT2D eigenvalue weighted by atomic mass is 10.0. The van der Waals surface area contributed by atoms with Crippen molar-refractivity contribution < 1.29 is 0 Å². The quantitative estimate of drug-likeness (QED) is 0.787. The molecule has 68 valence electrons. The van der Waals surface area contributed by atoms with Crippen molar-refractivity contribution in [2.45, 2.75) is 19.4 Å². The van der Waals surface area contributed by atoms with Crippen LogP contribution in [-0.2, 0) is 0 Å². The summed E-state index contributed by atoms with van der Waals surface area (Å²) in [6, 6.07) is 6.01. The first-order chi connectivity index (χ1) is 6.15. The topological polar surface area (TPSA) is 26.0 Å². The van der Waals surface area contributed by atoms with Crippen LogP contribution >= 0.6 is 15.9 Å². The van der Waals surface area contributed by atoms with Gasteiger partial charge in [-0.2, -0.15) is 0 Å². The van der Waals surface area contributed by atoms with E-state index in [2.05, 4.69) is 21.9 Å². The molecule has 0 amide bonds. The summed E-state index contributed by atoms with van der Waals surface area (Å²) in [5.41, 5.74) is 8.22. The van der Waals surface area contributed by atoms with Gasteiger partial charge in [-0.25, -0.2) is 0 Å².